The quantitative estimate of drug-likeness (QED) is 0.801. The molecule has 0 aliphatic carbocycles. The summed E-state index contributed by atoms with van der Waals surface area (Å²) in [6.45, 7) is 5.29. The Labute approximate surface area is 160 Å². The fraction of sp³-hybridized carbons (Fsp3) is 0.632. The molecule has 2 atom stereocenters. The van der Waals surface area contributed by atoms with Gasteiger partial charge in [0.15, 0.2) is 6.35 Å². The molecule has 7 heteroatoms. The molecule has 2 aliphatic heterocycles. The number of likely N-dealkylation sites (tertiary alicyclic amines) is 1. The van der Waals surface area contributed by atoms with E-state index < -0.39 is 12.4 Å². The molecule has 1 N–H and O–H groups in total. The van der Waals surface area contributed by atoms with E-state index in [4.69, 9.17) is 16.3 Å². The van der Waals surface area contributed by atoms with Crippen molar-refractivity contribution in [3.05, 3.63) is 34.3 Å². The van der Waals surface area contributed by atoms with Gasteiger partial charge in [-0.05, 0) is 57.1 Å². The van der Waals surface area contributed by atoms with Gasteiger partial charge in [-0.25, -0.2) is 4.90 Å². The Hall–Kier alpha value is -1.18. The lowest BCUT2D eigenvalue weighted by Gasteiger charge is -2.39. The highest BCUT2D eigenvalue weighted by Gasteiger charge is 2.45. The lowest BCUT2D eigenvalue weighted by Crippen LogP contribution is -2.53. The maximum atomic E-state index is 12.1. The van der Waals surface area contributed by atoms with Crippen molar-refractivity contribution in [2.45, 2.75) is 44.7 Å². The SMILES string of the molecule is COC(=O)C1CN(C)C(O)N1C1CCN(Cc2ccc(Cl)c(C)c2)CC1. The number of likely N-dealkylation sites (N-methyl/N-ethyl adjacent to an activating group) is 1. The monoisotopic (exact) mass is 381 g/mol. The highest BCUT2D eigenvalue weighted by molar-refractivity contribution is 6.31. The van der Waals surface area contributed by atoms with Crippen molar-refractivity contribution >= 4 is 17.6 Å². The van der Waals surface area contributed by atoms with Crippen molar-refractivity contribution in [1.29, 1.82) is 0 Å². The molecule has 0 saturated carbocycles. The van der Waals surface area contributed by atoms with E-state index in [0.717, 1.165) is 43.1 Å². The van der Waals surface area contributed by atoms with Gasteiger partial charge in [-0.2, -0.15) is 0 Å². The predicted molar refractivity (Wildman–Crippen MR) is 101 cm³/mol. The van der Waals surface area contributed by atoms with Crippen LogP contribution in [-0.4, -0.2) is 78.0 Å². The molecule has 1 aromatic carbocycles. The van der Waals surface area contributed by atoms with Crippen LogP contribution in [0, 0.1) is 6.92 Å². The second kappa shape index (κ2) is 8.23. The molecule has 0 bridgehead atoms. The Bertz CT molecular complexity index is 649. The fourth-order valence-electron chi connectivity index (χ4n) is 4.06. The summed E-state index contributed by atoms with van der Waals surface area (Å²) < 4.78 is 4.93. The minimum atomic E-state index is -0.727. The van der Waals surface area contributed by atoms with E-state index in [2.05, 4.69) is 17.0 Å². The average molecular weight is 382 g/mol. The van der Waals surface area contributed by atoms with Crippen LogP contribution < -0.4 is 0 Å². The Morgan fingerprint density at radius 3 is 2.65 bits per heavy atom. The third-order valence-corrected chi connectivity index (χ3v) is 5.99. The highest BCUT2D eigenvalue weighted by atomic mass is 35.5. The first-order valence-corrected chi connectivity index (χ1v) is 9.49. The summed E-state index contributed by atoms with van der Waals surface area (Å²) >= 11 is 6.11. The molecule has 26 heavy (non-hydrogen) atoms. The van der Waals surface area contributed by atoms with Gasteiger partial charge in [0, 0.05) is 24.2 Å². The Kier molecular flexibility index (Phi) is 6.20. The van der Waals surface area contributed by atoms with Gasteiger partial charge >= 0.3 is 5.97 Å². The molecule has 1 aromatic rings. The molecule has 2 saturated heterocycles. The van der Waals surface area contributed by atoms with Crippen molar-refractivity contribution in [3.63, 3.8) is 0 Å². The number of esters is 1. The van der Waals surface area contributed by atoms with Crippen molar-refractivity contribution < 1.29 is 14.6 Å². The van der Waals surface area contributed by atoms with Gasteiger partial charge in [0.05, 0.1) is 7.11 Å². The van der Waals surface area contributed by atoms with Gasteiger partial charge in [0.1, 0.15) is 6.04 Å². The Balaban J connectivity index is 1.60. The first-order valence-electron chi connectivity index (χ1n) is 9.11. The summed E-state index contributed by atoms with van der Waals surface area (Å²) in [6.07, 6.45) is 1.12. The number of aliphatic hydroxyl groups is 1. The van der Waals surface area contributed by atoms with E-state index in [1.165, 1.54) is 12.7 Å². The van der Waals surface area contributed by atoms with E-state index in [-0.39, 0.29) is 12.0 Å². The van der Waals surface area contributed by atoms with E-state index >= 15 is 0 Å². The number of benzene rings is 1. The van der Waals surface area contributed by atoms with Gasteiger partial charge in [-0.15, -0.1) is 0 Å². The van der Waals surface area contributed by atoms with Crippen molar-refractivity contribution in [3.8, 4) is 0 Å². The van der Waals surface area contributed by atoms with Gasteiger partial charge in [-0.3, -0.25) is 14.6 Å². The van der Waals surface area contributed by atoms with Crippen molar-refractivity contribution in [1.82, 2.24) is 14.7 Å². The van der Waals surface area contributed by atoms with Crippen molar-refractivity contribution in [2.75, 3.05) is 33.8 Å². The second-order valence-electron chi connectivity index (χ2n) is 7.36. The summed E-state index contributed by atoms with van der Waals surface area (Å²) in [5.41, 5.74) is 2.36. The van der Waals surface area contributed by atoms with E-state index in [1.54, 1.807) is 4.90 Å². The zero-order chi connectivity index (χ0) is 18.8. The van der Waals surface area contributed by atoms with Gasteiger partial charge in [0.25, 0.3) is 0 Å². The van der Waals surface area contributed by atoms with Crippen LogP contribution in [0.5, 0.6) is 0 Å². The number of nitrogens with zero attached hydrogens (tertiary/aromatic N) is 3. The normalized spacial score (nSPS) is 26.3. The largest absolute Gasteiger partial charge is 0.468 e. The lowest BCUT2D eigenvalue weighted by molar-refractivity contribution is -0.152. The number of carbonyl (C=O) groups is 1. The maximum absolute atomic E-state index is 12.1. The fourth-order valence-corrected chi connectivity index (χ4v) is 4.18. The molecule has 0 amide bonds. The third-order valence-electron chi connectivity index (χ3n) is 5.56. The van der Waals surface area contributed by atoms with Crippen LogP contribution in [0.25, 0.3) is 0 Å². The number of carbonyl (C=O) groups excluding carboxylic acids is 1. The first-order chi connectivity index (χ1) is 12.4. The number of rotatable bonds is 4. The van der Waals surface area contributed by atoms with Crippen LogP contribution in [0.3, 0.4) is 0 Å². The standard InChI is InChI=1S/C19H28ClN3O3/c1-13-10-14(4-5-16(13)20)11-22-8-6-15(7-9-22)23-17(18(24)26-3)12-21(2)19(23)25/h4-5,10,15,17,19,25H,6-9,11-12H2,1-3H3. The Morgan fingerprint density at radius 1 is 1.35 bits per heavy atom. The molecule has 2 heterocycles. The number of aliphatic hydroxyl groups excluding tert-OH is 1. The van der Waals surface area contributed by atoms with E-state index in [1.807, 2.05) is 24.9 Å². The van der Waals surface area contributed by atoms with E-state index in [9.17, 15) is 9.90 Å². The van der Waals surface area contributed by atoms with Gasteiger partial charge < -0.3 is 9.84 Å². The van der Waals surface area contributed by atoms with Gasteiger partial charge in [0.2, 0.25) is 0 Å². The molecule has 6 nitrogen and oxygen atoms in total. The lowest BCUT2D eigenvalue weighted by atomic mass is 10.0. The number of methoxy groups -OCH3 is 1. The van der Waals surface area contributed by atoms with Crippen LogP contribution in [-0.2, 0) is 16.1 Å². The van der Waals surface area contributed by atoms with E-state index in [0.29, 0.717) is 6.54 Å². The number of ether oxygens (including phenoxy) is 1. The third kappa shape index (κ3) is 4.05. The average Bonchev–Trinajstić information content (AvgIpc) is 2.93. The topological polar surface area (TPSA) is 56.2 Å². The van der Waals surface area contributed by atoms with Crippen molar-refractivity contribution in [2.24, 2.45) is 0 Å². The first kappa shape index (κ1) is 19.6. The van der Waals surface area contributed by atoms with Crippen LogP contribution in [0.1, 0.15) is 24.0 Å². The summed E-state index contributed by atoms with van der Waals surface area (Å²) in [6, 6.07) is 5.96. The van der Waals surface area contributed by atoms with Crippen LogP contribution in [0.4, 0.5) is 0 Å². The minimum Gasteiger partial charge on any atom is -0.468 e. The molecule has 2 unspecified atom stereocenters. The summed E-state index contributed by atoms with van der Waals surface area (Å²) in [7, 11) is 3.24. The molecule has 2 fully saturated rings. The second-order valence-corrected chi connectivity index (χ2v) is 7.77. The Morgan fingerprint density at radius 2 is 2.04 bits per heavy atom. The number of piperidine rings is 1. The molecular weight excluding hydrogens is 354 g/mol. The number of hydrogen-bond donors (Lipinski definition) is 1. The zero-order valence-corrected chi connectivity index (χ0v) is 16.4. The molecular formula is C19H28ClN3O3. The predicted octanol–water partition coefficient (Wildman–Crippen LogP) is 1.68. The summed E-state index contributed by atoms with van der Waals surface area (Å²) in [5.74, 6) is -0.271. The van der Waals surface area contributed by atoms with Crippen LogP contribution >= 0.6 is 11.6 Å². The number of halogens is 1. The molecule has 3 rings (SSSR count). The highest BCUT2D eigenvalue weighted by Crippen LogP contribution is 2.28. The summed E-state index contributed by atoms with van der Waals surface area (Å²) in [5, 5.41) is 11.3. The smallest absolute Gasteiger partial charge is 0.324 e. The molecule has 2 aliphatic rings. The molecule has 0 radical (unpaired) electrons. The minimum absolute atomic E-state index is 0.183. The molecule has 0 spiro atoms. The van der Waals surface area contributed by atoms with Crippen LogP contribution in [0.2, 0.25) is 5.02 Å². The zero-order valence-electron chi connectivity index (χ0n) is 15.7. The molecule has 0 aromatic heterocycles. The summed E-state index contributed by atoms with van der Waals surface area (Å²) in [4.78, 5) is 18.2. The molecule has 144 valence electrons. The van der Waals surface area contributed by atoms with Crippen LogP contribution in [0.15, 0.2) is 18.2 Å². The number of hydrogen-bond acceptors (Lipinski definition) is 6. The van der Waals surface area contributed by atoms with Gasteiger partial charge in [-0.1, -0.05) is 23.7 Å². The number of aryl methyl sites for hydroxylation is 1. The maximum Gasteiger partial charge on any atom is 0.324 e.